The predicted molar refractivity (Wildman–Crippen MR) is 155 cm³/mol. The van der Waals surface area contributed by atoms with Gasteiger partial charge in [0.1, 0.15) is 0 Å². The van der Waals surface area contributed by atoms with Gasteiger partial charge in [-0.1, -0.05) is 32.1 Å². The number of ether oxygens (including phenoxy) is 3. The molecule has 2 aromatic rings. The zero-order chi connectivity index (χ0) is 28.7. The van der Waals surface area contributed by atoms with Crippen LogP contribution in [0.1, 0.15) is 51.7 Å². The number of esters is 1. The smallest absolute Gasteiger partial charge is 0.422 e. The van der Waals surface area contributed by atoms with Gasteiger partial charge in [0.25, 0.3) is 6.29 Å². The van der Waals surface area contributed by atoms with Crippen molar-refractivity contribution in [1.29, 1.82) is 0 Å². The lowest BCUT2D eigenvalue weighted by molar-refractivity contribution is -0.184. The van der Waals surface area contributed by atoms with Crippen LogP contribution in [0.3, 0.4) is 0 Å². The van der Waals surface area contributed by atoms with Crippen LogP contribution in [0.4, 0.5) is 4.79 Å². The maximum atomic E-state index is 13.6. The highest BCUT2D eigenvalue weighted by Gasteiger charge is 2.39. The van der Waals surface area contributed by atoms with E-state index in [4.69, 9.17) is 14.2 Å². The first kappa shape index (κ1) is 28.8. The van der Waals surface area contributed by atoms with E-state index in [1.54, 1.807) is 0 Å². The molecule has 1 fully saturated rings. The number of rotatable bonds is 7. The number of hydrogen-bond acceptors (Lipinski definition) is 7. The Balaban J connectivity index is 1.48. The highest BCUT2D eigenvalue weighted by molar-refractivity contribution is 9.10. The maximum absolute atomic E-state index is 13.6. The summed E-state index contributed by atoms with van der Waals surface area (Å²) in [4.78, 5) is 43.6. The molecule has 3 aliphatic rings. The molecule has 1 aromatic heterocycles. The van der Waals surface area contributed by atoms with Crippen LogP contribution in [-0.4, -0.2) is 84.1 Å². The van der Waals surface area contributed by atoms with Crippen molar-refractivity contribution in [3.05, 3.63) is 40.0 Å². The molecule has 2 aliphatic heterocycles. The molecule has 0 spiro atoms. The molecule has 1 saturated heterocycles. The van der Waals surface area contributed by atoms with Gasteiger partial charge in [-0.3, -0.25) is 9.69 Å². The molecule has 5 rings (SSSR count). The highest BCUT2D eigenvalue weighted by Crippen LogP contribution is 2.45. The largest absolute Gasteiger partial charge is 0.423 e. The summed E-state index contributed by atoms with van der Waals surface area (Å²) in [5, 5.41) is 0.968. The van der Waals surface area contributed by atoms with Gasteiger partial charge in [0, 0.05) is 43.6 Å². The SMILES string of the molecule is CCN(CC)C(=O)[C@@H]1C=C2c3cccc4c3c(c(Br)n4C(=O)OC(OC(=O)C3CCCO3)C(C)C)C[C@H]2N(C)C1. The molecule has 0 N–H and O–H groups in total. The zero-order valence-electron chi connectivity index (χ0n) is 23.8. The second-order valence-electron chi connectivity index (χ2n) is 11.1. The van der Waals surface area contributed by atoms with Crippen molar-refractivity contribution >= 4 is 50.4 Å². The summed E-state index contributed by atoms with van der Waals surface area (Å²) in [5.74, 6) is -0.842. The second kappa shape index (κ2) is 11.7. The van der Waals surface area contributed by atoms with Gasteiger partial charge in [-0.2, -0.15) is 0 Å². The van der Waals surface area contributed by atoms with E-state index < -0.39 is 24.5 Å². The third-order valence-corrected chi connectivity index (χ3v) is 9.09. The number of likely N-dealkylation sites (N-methyl/N-ethyl adjacent to an activating group) is 1. The van der Waals surface area contributed by atoms with Crippen molar-refractivity contribution in [2.45, 2.75) is 65.4 Å². The Hall–Kier alpha value is -2.69. The van der Waals surface area contributed by atoms with E-state index in [0.717, 1.165) is 28.5 Å². The molecule has 3 heterocycles. The average Bonchev–Trinajstić information content (AvgIpc) is 3.57. The molecular weight excluding hydrogens is 578 g/mol. The number of aromatic nitrogens is 1. The summed E-state index contributed by atoms with van der Waals surface area (Å²) in [5.41, 5.74) is 3.85. The number of hydrogen-bond donors (Lipinski definition) is 0. The van der Waals surface area contributed by atoms with Crippen molar-refractivity contribution in [3.8, 4) is 0 Å². The van der Waals surface area contributed by atoms with Crippen LogP contribution in [0.5, 0.6) is 0 Å². The number of carbonyl (C=O) groups is 3. The number of nitrogens with zero attached hydrogens (tertiary/aromatic N) is 3. The molecular formula is C30H38BrN3O6. The third-order valence-electron chi connectivity index (χ3n) is 8.26. The van der Waals surface area contributed by atoms with Crippen molar-refractivity contribution in [3.63, 3.8) is 0 Å². The first-order chi connectivity index (χ1) is 19.2. The molecule has 0 radical (unpaired) electrons. The molecule has 1 aromatic carbocycles. The van der Waals surface area contributed by atoms with Gasteiger partial charge in [0.2, 0.25) is 5.91 Å². The molecule has 216 valence electrons. The number of fused-ring (bicyclic) bond motifs is 2. The fourth-order valence-electron chi connectivity index (χ4n) is 6.10. The predicted octanol–water partition coefficient (Wildman–Crippen LogP) is 4.83. The standard InChI is InChI=1S/C30H38BrN3O6/c1-6-33(7-2)27(35)18-14-20-19-10-8-11-22-25(19)21(15-23(20)32(5)16-18)26(31)34(22)30(37)40-29(17(3)4)39-28(36)24-12-9-13-38-24/h8,10-11,14,17-18,23-24,29H,6-7,9,12-13,15-16H2,1-5H3/t18-,23-,24?,29?/m1/s1. The van der Waals surface area contributed by atoms with E-state index in [0.29, 0.717) is 49.2 Å². The quantitative estimate of drug-likeness (QED) is 0.325. The number of halogens is 1. The molecule has 2 unspecified atom stereocenters. The second-order valence-corrected chi connectivity index (χ2v) is 11.9. The average molecular weight is 617 g/mol. The van der Waals surface area contributed by atoms with Gasteiger partial charge in [-0.15, -0.1) is 0 Å². The Labute approximate surface area is 243 Å². The minimum atomic E-state index is -1.05. The van der Waals surface area contributed by atoms with Crippen LogP contribution in [-0.2, 0) is 30.2 Å². The van der Waals surface area contributed by atoms with E-state index in [9.17, 15) is 14.4 Å². The van der Waals surface area contributed by atoms with E-state index in [1.165, 1.54) is 4.57 Å². The zero-order valence-corrected chi connectivity index (χ0v) is 25.4. The summed E-state index contributed by atoms with van der Waals surface area (Å²) in [6.07, 6.45) is 1.93. The Morgan fingerprint density at radius 2 is 1.93 bits per heavy atom. The van der Waals surface area contributed by atoms with E-state index in [1.807, 2.05) is 44.7 Å². The summed E-state index contributed by atoms with van der Waals surface area (Å²) < 4.78 is 19.0. The Bertz CT molecular complexity index is 1340. The summed E-state index contributed by atoms with van der Waals surface area (Å²) >= 11 is 3.70. The van der Waals surface area contributed by atoms with Gasteiger partial charge < -0.3 is 19.1 Å². The molecule has 0 bridgehead atoms. The Kier molecular flexibility index (Phi) is 8.40. The number of carbonyl (C=O) groups excluding carboxylic acids is 3. The van der Waals surface area contributed by atoms with Crippen LogP contribution in [0.2, 0.25) is 0 Å². The summed E-state index contributed by atoms with van der Waals surface area (Å²) in [6, 6.07) is 5.96. The lowest BCUT2D eigenvalue weighted by atomic mass is 9.79. The fourth-order valence-corrected chi connectivity index (χ4v) is 6.79. The third kappa shape index (κ3) is 5.10. The molecule has 40 heavy (non-hydrogen) atoms. The molecule has 10 heteroatoms. The molecule has 9 nitrogen and oxygen atoms in total. The van der Waals surface area contributed by atoms with Crippen molar-refractivity contribution in [1.82, 2.24) is 14.4 Å². The number of benzene rings is 1. The van der Waals surface area contributed by atoms with Gasteiger partial charge in [0.15, 0.2) is 6.10 Å². The topological polar surface area (TPSA) is 90.3 Å². The van der Waals surface area contributed by atoms with E-state index >= 15 is 0 Å². The van der Waals surface area contributed by atoms with Crippen LogP contribution in [0, 0.1) is 11.8 Å². The fraction of sp³-hybridized carbons (Fsp3) is 0.567. The summed E-state index contributed by atoms with van der Waals surface area (Å²) in [6.45, 7) is 10.2. The van der Waals surface area contributed by atoms with Crippen LogP contribution < -0.4 is 0 Å². The first-order valence-electron chi connectivity index (χ1n) is 14.2. The lowest BCUT2D eigenvalue weighted by Crippen LogP contribution is -2.47. The van der Waals surface area contributed by atoms with Gasteiger partial charge in [-0.05, 0) is 78.9 Å². The van der Waals surface area contributed by atoms with Crippen LogP contribution >= 0.6 is 15.9 Å². The van der Waals surface area contributed by atoms with Crippen LogP contribution in [0.15, 0.2) is 28.9 Å². The molecule has 4 atom stereocenters. The van der Waals surface area contributed by atoms with Crippen LogP contribution in [0.25, 0.3) is 16.5 Å². The normalized spacial score (nSPS) is 23.1. The van der Waals surface area contributed by atoms with Crippen molar-refractivity contribution in [2.75, 3.05) is 33.3 Å². The molecule has 1 amide bonds. The maximum Gasteiger partial charge on any atom is 0.422 e. The van der Waals surface area contributed by atoms with Gasteiger partial charge >= 0.3 is 12.1 Å². The summed E-state index contributed by atoms with van der Waals surface area (Å²) in [7, 11) is 2.06. The Morgan fingerprint density at radius 3 is 2.58 bits per heavy atom. The monoisotopic (exact) mass is 615 g/mol. The minimum Gasteiger partial charge on any atom is -0.423 e. The highest BCUT2D eigenvalue weighted by atomic mass is 79.9. The van der Waals surface area contributed by atoms with E-state index in [-0.39, 0.29) is 23.8 Å². The molecule has 0 saturated carbocycles. The van der Waals surface area contributed by atoms with E-state index in [2.05, 4.69) is 40.0 Å². The van der Waals surface area contributed by atoms with Gasteiger partial charge in [-0.25, -0.2) is 14.2 Å². The first-order valence-corrected chi connectivity index (χ1v) is 15.0. The van der Waals surface area contributed by atoms with Crippen molar-refractivity contribution in [2.24, 2.45) is 11.8 Å². The number of amides is 1. The van der Waals surface area contributed by atoms with Gasteiger partial charge in [0.05, 0.1) is 16.0 Å². The lowest BCUT2D eigenvalue weighted by Gasteiger charge is -2.40. The molecule has 1 aliphatic carbocycles. The minimum absolute atomic E-state index is 0.0813. The van der Waals surface area contributed by atoms with Crippen molar-refractivity contribution < 1.29 is 28.6 Å². The Morgan fingerprint density at radius 1 is 1.18 bits per heavy atom.